The van der Waals surface area contributed by atoms with Crippen LogP contribution < -0.4 is 5.32 Å². The lowest BCUT2D eigenvalue weighted by molar-refractivity contribution is 0.0955. The Morgan fingerprint density at radius 2 is 2.25 bits per heavy atom. The summed E-state index contributed by atoms with van der Waals surface area (Å²) in [5.74, 6) is 0.695. The Balaban J connectivity index is 1.64. The Bertz CT molecular complexity index is 742. The Morgan fingerprint density at radius 1 is 1.40 bits per heavy atom. The van der Waals surface area contributed by atoms with Gasteiger partial charge >= 0.3 is 0 Å². The predicted octanol–water partition coefficient (Wildman–Crippen LogP) is 2.44. The SMILES string of the molecule is Cc1cc(CCNC(=O)c2c[nH]c3ccccc23)on1. The highest BCUT2D eigenvalue weighted by Crippen LogP contribution is 2.17. The number of aryl methyl sites for hydroxylation is 1. The third-order valence-corrected chi connectivity index (χ3v) is 3.17. The van der Waals surface area contributed by atoms with Crippen LogP contribution in [0.2, 0.25) is 0 Å². The minimum atomic E-state index is -0.0845. The molecule has 0 atom stereocenters. The molecule has 0 fully saturated rings. The van der Waals surface area contributed by atoms with E-state index in [2.05, 4.69) is 15.5 Å². The standard InChI is InChI=1S/C15H15N3O2/c1-10-8-11(20-18-10)6-7-16-15(19)13-9-17-14-5-3-2-4-12(13)14/h2-5,8-9,17H,6-7H2,1H3,(H,16,19). The number of carbonyl (C=O) groups excluding carboxylic acids is 1. The van der Waals surface area contributed by atoms with Crippen molar-refractivity contribution in [1.82, 2.24) is 15.5 Å². The van der Waals surface area contributed by atoms with E-state index in [-0.39, 0.29) is 5.91 Å². The molecule has 2 N–H and O–H groups in total. The number of rotatable bonds is 4. The lowest BCUT2D eigenvalue weighted by Crippen LogP contribution is -2.25. The minimum absolute atomic E-state index is 0.0845. The zero-order valence-corrected chi connectivity index (χ0v) is 11.1. The lowest BCUT2D eigenvalue weighted by atomic mass is 10.1. The van der Waals surface area contributed by atoms with Crippen LogP contribution in [0.5, 0.6) is 0 Å². The number of aromatic amines is 1. The van der Waals surface area contributed by atoms with Gasteiger partial charge in [-0.1, -0.05) is 23.4 Å². The fourth-order valence-electron chi connectivity index (χ4n) is 2.19. The number of nitrogens with zero attached hydrogens (tertiary/aromatic N) is 1. The number of hydrogen-bond donors (Lipinski definition) is 2. The lowest BCUT2D eigenvalue weighted by Gasteiger charge is -2.02. The largest absolute Gasteiger partial charge is 0.361 e. The van der Waals surface area contributed by atoms with Crippen molar-refractivity contribution in [2.24, 2.45) is 0 Å². The van der Waals surface area contributed by atoms with Gasteiger partial charge in [0.05, 0.1) is 11.3 Å². The first-order valence-corrected chi connectivity index (χ1v) is 6.50. The van der Waals surface area contributed by atoms with E-state index in [0.717, 1.165) is 22.4 Å². The van der Waals surface area contributed by atoms with Gasteiger partial charge in [0.15, 0.2) is 0 Å². The van der Waals surface area contributed by atoms with Gasteiger partial charge in [0, 0.05) is 36.1 Å². The summed E-state index contributed by atoms with van der Waals surface area (Å²) in [6.07, 6.45) is 2.37. The Labute approximate surface area is 116 Å². The van der Waals surface area contributed by atoms with Crippen LogP contribution in [0.15, 0.2) is 41.1 Å². The molecule has 1 amide bonds. The van der Waals surface area contributed by atoms with Gasteiger partial charge in [-0.25, -0.2) is 0 Å². The topological polar surface area (TPSA) is 70.9 Å². The zero-order chi connectivity index (χ0) is 13.9. The molecule has 0 radical (unpaired) electrons. The number of hydrogen-bond acceptors (Lipinski definition) is 3. The van der Waals surface area contributed by atoms with Crippen LogP contribution in [0.1, 0.15) is 21.8 Å². The molecule has 0 aliphatic heterocycles. The first kappa shape index (κ1) is 12.5. The summed E-state index contributed by atoms with van der Waals surface area (Å²) < 4.78 is 5.10. The molecule has 0 spiro atoms. The van der Waals surface area contributed by atoms with Gasteiger partial charge in [-0.15, -0.1) is 0 Å². The molecule has 0 saturated carbocycles. The summed E-state index contributed by atoms with van der Waals surface area (Å²) in [6, 6.07) is 9.61. The van der Waals surface area contributed by atoms with Crippen LogP contribution >= 0.6 is 0 Å². The average molecular weight is 269 g/mol. The summed E-state index contributed by atoms with van der Waals surface area (Å²) in [5.41, 5.74) is 2.47. The van der Waals surface area contributed by atoms with Gasteiger partial charge < -0.3 is 14.8 Å². The molecule has 2 aromatic heterocycles. The second-order valence-corrected chi connectivity index (χ2v) is 4.69. The fourth-order valence-corrected chi connectivity index (χ4v) is 2.19. The van der Waals surface area contributed by atoms with Crippen molar-refractivity contribution >= 4 is 16.8 Å². The maximum Gasteiger partial charge on any atom is 0.253 e. The second-order valence-electron chi connectivity index (χ2n) is 4.69. The molecule has 102 valence electrons. The maximum atomic E-state index is 12.1. The van der Waals surface area contributed by atoms with E-state index in [1.807, 2.05) is 37.3 Å². The second kappa shape index (κ2) is 5.21. The minimum Gasteiger partial charge on any atom is -0.361 e. The van der Waals surface area contributed by atoms with E-state index < -0.39 is 0 Å². The molecule has 20 heavy (non-hydrogen) atoms. The summed E-state index contributed by atoms with van der Waals surface area (Å²) in [4.78, 5) is 15.2. The van der Waals surface area contributed by atoms with Crippen LogP contribution in [-0.4, -0.2) is 22.6 Å². The van der Waals surface area contributed by atoms with Gasteiger partial charge in [0.25, 0.3) is 5.91 Å². The van der Waals surface area contributed by atoms with E-state index in [1.165, 1.54) is 0 Å². The number of nitrogens with one attached hydrogen (secondary N) is 2. The summed E-state index contributed by atoms with van der Waals surface area (Å²) in [5, 5.41) is 7.63. The highest BCUT2D eigenvalue weighted by molar-refractivity contribution is 6.06. The molecule has 2 heterocycles. The van der Waals surface area contributed by atoms with E-state index in [0.29, 0.717) is 18.5 Å². The molecule has 3 aromatic rings. The first-order valence-electron chi connectivity index (χ1n) is 6.50. The zero-order valence-electron chi connectivity index (χ0n) is 11.1. The number of H-pyrrole nitrogens is 1. The third kappa shape index (κ3) is 2.42. The van der Waals surface area contributed by atoms with Crippen molar-refractivity contribution in [3.05, 3.63) is 53.5 Å². The van der Waals surface area contributed by atoms with Crippen molar-refractivity contribution in [3.8, 4) is 0 Å². The molecule has 5 nitrogen and oxygen atoms in total. The van der Waals surface area contributed by atoms with Crippen LogP contribution in [0.25, 0.3) is 10.9 Å². The van der Waals surface area contributed by atoms with Crippen molar-refractivity contribution in [2.75, 3.05) is 6.54 Å². The number of aromatic nitrogens is 2. The van der Waals surface area contributed by atoms with E-state index in [9.17, 15) is 4.79 Å². The van der Waals surface area contributed by atoms with Crippen molar-refractivity contribution in [2.45, 2.75) is 13.3 Å². The smallest absolute Gasteiger partial charge is 0.253 e. The molecular formula is C15H15N3O2. The average Bonchev–Trinajstić information content (AvgIpc) is 3.05. The van der Waals surface area contributed by atoms with Crippen LogP contribution in [0.4, 0.5) is 0 Å². The first-order chi connectivity index (χ1) is 9.74. The van der Waals surface area contributed by atoms with Crippen molar-refractivity contribution < 1.29 is 9.32 Å². The fraction of sp³-hybridized carbons (Fsp3) is 0.200. The molecule has 0 aliphatic carbocycles. The molecule has 0 bridgehead atoms. The predicted molar refractivity (Wildman–Crippen MR) is 75.6 cm³/mol. The Kier molecular flexibility index (Phi) is 3.25. The molecule has 0 unspecified atom stereocenters. The molecule has 0 saturated heterocycles. The number of benzene rings is 1. The summed E-state index contributed by atoms with van der Waals surface area (Å²) >= 11 is 0. The van der Waals surface area contributed by atoms with Crippen LogP contribution in [0, 0.1) is 6.92 Å². The molecule has 3 rings (SSSR count). The van der Waals surface area contributed by atoms with E-state index in [4.69, 9.17) is 4.52 Å². The maximum absolute atomic E-state index is 12.1. The third-order valence-electron chi connectivity index (χ3n) is 3.17. The van der Waals surface area contributed by atoms with Gasteiger partial charge in [-0.2, -0.15) is 0 Å². The molecule has 5 heteroatoms. The van der Waals surface area contributed by atoms with Gasteiger partial charge in [0.2, 0.25) is 0 Å². The Morgan fingerprint density at radius 3 is 3.05 bits per heavy atom. The molecular weight excluding hydrogens is 254 g/mol. The molecule has 1 aromatic carbocycles. The normalized spacial score (nSPS) is 10.8. The number of fused-ring (bicyclic) bond motifs is 1. The number of para-hydroxylation sites is 1. The highest BCUT2D eigenvalue weighted by atomic mass is 16.5. The summed E-state index contributed by atoms with van der Waals surface area (Å²) in [7, 11) is 0. The van der Waals surface area contributed by atoms with Gasteiger partial charge in [0.1, 0.15) is 5.76 Å². The molecule has 0 aliphatic rings. The van der Waals surface area contributed by atoms with Gasteiger partial charge in [-0.05, 0) is 13.0 Å². The highest BCUT2D eigenvalue weighted by Gasteiger charge is 2.11. The summed E-state index contributed by atoms with van der Waals surface area (Å²) in [6.45, 7) is 2.39. The monoisotopic (exact) mass is 269 g/mol. The number of carbonyl (C=O) groups is 1. The Hall–Kier alpha value is -2.56. The number of amides is 1. The quantitative estimate of drug-likeness (QED) is 0.764. The van der Waals surface area contributed by atoms with Crippen molar-refractivity contribution in [3.63, 3.8) is 0 Å². The van der Waals surface area contributed by atoms with Crippen LogP contribution in [-0.2, 0) is 6.42 Å². The van der Waals surface area contributed by atoms with Crippen molar-refractivity contribution in [1.29, 1.82) is 0 Å². The van der Waals surface area contributed by atoms with Crippen LogP contribution in [0.3, 0.4) is 0 Å². The van der Waals surface area contributed by atoms with E-state index >= 15 is 0 Å². The van der Waals surface area contributed by atoms with E-state index in [1.54, 1.807) is 6.20 Å². The van der Waals surface area contributed by atoms with Gasteiger partial charge in [-0.3, -0.25) is 4.79 Å².